The zero-order valence-electron chi connectivity index (χ0n) is 18.9. The number of hydrogen-bond donors (Lipinski definition) is 0. The van der Waals surface area contributed by atoms with Gasteiger partial charge in [-0.05, 0) is 54.0 Å². The van der Waals surface area contributed by atoms with E-state index in [2.05, 4.69) is 31.0 Å². The van der Waals surface area contributed by atoms with E-state index in [1.165, 1.54) is 5.56 Å². The fourth-order valence-electron chi connectivity index (χ4n) is 4.53. The number of aryl methyl sites for hydroxylation is 2. The average Bonchev–Trinajstić information content (AvgIpc) is 2.83. The molecule has 0 spiro atoms. The highest BCUT2D eigenvalue weighted by atomic mass is 19.2. The highest BCUT2D eigenvalue weighted by Crippen LogP contribution is 2.38. The summed E-state index contributed by atoms with van der Waals surface area (Å²) in [6.45, 7) is 4.64. The summed E-state index contributed by atoms with van der Waals surface area (Å²) in [5.41, 5.74) is 4.76. The molecular weight excluding hydrogens is 404 g/mol. The number of pyridine rings is 1. The van der Waals surface area contributed by atoms with E-state index in [0.29, 0.717) is 23.3 Å². The first-order valence-electron chi connectivity index (χ1n) is 11.7. The lowest BCUT2D eigenvalue weighted by atomic mass is 9.88. The minimum Gasteiger partial charge on any atom is -0.373 e. The fraction of sp³-hybridized carbons (Fsp3) is 0.393. The Hall–Kier alpha value is -2.59. The van der Waals surface area contributed by atoms with E-state index < -0.39 is 11.6 Å². The lowest BCUT2D eigenvalue weighted by Gasteiger charge is -2.30. The van der Waals surface area contributed by atoms with E-state index >= 15 is 4.39 Å². The minimum absolute atomic E-state index is 0.0387. The van der Waals surface area contributed by atoms with Gasteiger partial charge in [0.05, 0.1) is 12.7 Å². The third-order valence-corrected chi connectivity index (χ3v) is 6.36. The van der Waals surface area contributed by atoms with Crippen molar-refractivity contribution in [1.29, 1.82) is 0 Å². The topological polar surface area (TPSA) is 22.1 Å². The van der Waals surface area contributed by atoms with Crippen LogP contribution in [0.25, 0.3) is 11.1 Å². The van der Waals surface area contributed by atoms with Crippen molar-refractivity contribution in [3.8, 4) is 11.1 Å². The fourth-order valence-corrected chi connectivity index (χ4v) is 4.53. The number of aromatic nitrogens is 1. The molecule has 1 fully saturated rings. The average molecular weight is 436 g/mol. The Bertz CT molecular complexity index is 1020. The number of hydrogen-bond acceptors (Lipinski definition) is 2. The molecule has 0 N–H and O–H groups in total. The van der Waals surface area contributed by atoms with Crippen LogP contribution in [-0.4, -0.2) is 11.6 Å². The van der Waals surface area contributed by atoms with Crippen molar-refractivity contribution >= 4 is 0 Å². The Kier molecular flexibility index (Phi) is 7.31. The predicted octanol–water partition coefficient (Wildman–Crippen LogP) is 7.57. The van der Waals surface area contributed by atoms with Crippen LogP contribution >= 0.6 is 0 Å². The van der Waals surface area contributed by atoms with Gasteiger partial charge in [0.25, 0.3) is 0 Å². The maximum atomic E-state index is 15.0. The molecule has 0 bridgehead atoms. The molecule has 2 heterocycles. The van der Waals surface area contributed by atoms with Gasteiger partial charge in [-0.1, -0.05) is 69.2 Å². The number of ether oxygens (including phenoxy) is 1. The first-order chi connectivity index (χ1) is 15.6. The normalized spacial score (nSPS) is 18.6. The smallest absolute Gasteiger partial charge is 0.166 e. The molecule has 2 nitrogen and oxygen atoms in total. The van der Waals surface area contributed by atoms with Crippen molar-refractivity contribution in [3.05, 3.63) is 88.7 Å². The van der Waals surface area contributed by atoms with Crippen LogP contribution in [0, 0.1) is 11.6 Å². The largest absolute Gasteiger partial charge is 0.373 e. The quantitative estimate of drug-likeness (QED) is 0.382. The number of rotatable bonds is 7. The molecule has 2 aromatic carbocycles. The Labute approximate surface area is 189 Å². The summed E-state index contributed by atoms with van der Waals surface area (Å²) in [7, 11) is 0. The maximum Gasteiger partial charge on any atom is 0.166 e. The molecule has 2 unspecified atom stereocenters. The van der Waals surface area contributed by atoms with Gasteiger partial charge in [-0.3, -0.25) is 4.98 Å². The van der Waals surface area contributed by atoms with Gasteiger partial charge in [0, 0.05) is 23.4 Å². The molecule has 1 aliphatic heterocycles. The van der Waals surface area contributed by atoms with Gasteiger partial charge in [-0.25, -0.2) is 8.78 Å². The van der Waals surface area contributed by atoms with E-state index in [9.17, 15) is 4.39 Å². The lowest BCUT2D eigenvalue weighted by Crippen LogP contribution is -2.20. The van der Waals surface area contributed by atoms with Gasteiger partial charge < -0.3 is 4.74 Å². The molecule has 3 aromatic rings. The predicted molar refractivity (Wildman–Crippen MR) is 125 cm³/mol. The van der Waals surface area contributed by atoms with E-state index in [-0.39, 0.29) is 12.0 Å². The highest BCUT2D eigenvalue weighted by molar-refractivity contribution is 5.65. The van der Waals surface area contributed by atoms with Crippen LogP contribution in [-0.2, 0) is 17.6 Å². The second kappa shape index (κ2) is 10.4. The van der Waals surface area contributed by atoms with Crippen LogP contribution in [0.5, 0.6) is 0 Å². The minimum atomic E-state index is -0.774. The Morgan fingerprint density at radius 2 is 1.66 bits per heavy atom. The van der Waals surface area contributed by atoms with Crippen LogP contribution < -0.4 is 0 Å². The van der Waals surface area contributed by atoms with E-state index in [1.807, 2.05) is 30.5 Å². The van der Waals surface area contributed by atoms with Crippen molar-refractivity contribution in [2.24, 2.45) is 0 Å². The summed E-state index contributed by atoms with van der Waals surface area (Å²) in [4.78, 5) is 4.51. The van der Waals surface area contributed by atoms with Crippen molar-refractivity contribution in [2.45, 2.75) is 64.4 Å². The molecule has 4 heteroatoms. The van der Waals surface area contributed by atoms with E-state index in [4.69, 9.17) is 4.74 Å². The zero-order valence-corrected chi connectivity index (χ0v) is 18.9. The third-order valence-electron chi connectivity index (χ3n) is 6.36. The van der Waals surface area contributed by atoms with Crippen LogP contribution in [0.3, 0.4) is 0 Å². The number of benzene rings is 2. The van der Waals surface area contributed by atoms with Gasteiger partial charge in [-0.2, -0.15) is 0 Å². The first-order valence-corrected chi connectivity index (χ1v) is 11.7. The Morgan fingerprint density at radius 1 is 0.875 bits per heavy atom. The third kappa shape index (κ3) is 4.91. The van der Waals surface area contributed by atoms with Crippen molar-refractivity contribution in [1.82, 2.24) is 4.98 Å². The molecular formula is C28H31F2NO. The molecule has 2 atom stereocenters. The van der Waals surface area contributed by atoms with Crippen molar-refractivity contribution in [2.75, 3.05) is 6.61 Å². The monoisotopic (exact) mass is 435 g/mol. The summed E-state index contributed by atoms with van der Waals surface area (Å²) < 4.78 is 36.0. The van der Waals surface area contributed by atoms with Gasteiger partial charge in [0.15, 0.2) is 11.6 Å². The van der Waals surface area contributed by atoms with Gasteiger partial charge in [-0.15, -0.1) is 0 Å². The summed E-state index contributed by atoms with van der Waals surface area (Å²) in [6, 6.07) is 15.3. The molecule has 1 saturated heterocycles. The molecule has 0 saturated carbocycles. The Morgan fingerprint density at radius 3 is 2.28 bits per heavy atom. The van der Waals surface area contributed by atoms with Crippen LogP contribution in [0.2, 0.25) is 0 Å². The Balaban J connectivity index is 1.45. The van der Waals surface area contributed by atoms with Gasteiger partial charge in [0.2, 0.25) is 0 Å². The molecule has 1 aromatic heterocycles. The van der Waals surface area contributed by atoms with Crippen LogP contribution in [0.15, 0.2) is 54.7 Å². The molecule has 0 aliphatic carbocycles. The van der Waals surface area contributed by atoms with Crippen molar-refractivity contribution in [3.63, 3.8) is 0 Å². The summed E-state index contributed by atoms with van der Waals surface area (Å²) >= 11 is 0. The van der Waals surface area contributed by atoms with Crippen LogP contribution in [0.1, 0.15) is 73.9 Å². The SMILES string of the molecule is CCCc1ccc(-c2ccc(C3CCC(c4ccc(CCC)nc4)OC3)c(F)c2F)cc1. The second-order valence-electron chi connectivity index (χ2n) is 8.71. The van der Waals surface area contributed by atoms with Gasteiger partial charge >= 0.3 is 0 Å². The van der Waals surface area contributed by atoms with E-state index in [1.54, 1.807) is 12.1 Å². The molecule has 4 rings (SSSR count). The summed E-state index contributed by atoms with van der Waals surface area (Å²) in [5, 5.41) is 0. The van der Waals surface area contributed by atoms with Crippen LogP contribution in [0.4, 0.5) is 8.78 Å². The maximum absolute atomic E-state index is 15.0. The first kappa shape index (κ1) is 22.6. The summed E-state index contributed by atoms with van der Waals surface area (Å²) in [5.74, 6) is -1.67. The standard InChI is InChI=1S/C28H31F2NO/c1-3-5-19-7-9-20(10-8-19)24-14-15-25(28(30)27(24)29)22-12-16-26(32-18-22)21-11-13-23(6-4-2)31-17-21/h7-11,13-15,17,22,26H,3-6,12,16,18H2,1-2H3. The number of halogens is 2. The van der Waals surface area contributed by atoms with Crippen molar-refractivity contribution < 1.29 is 13.5 Å². The molecule has 0 amide bonds. The second-order valence-corrected chi connectivity index (χ2v) is 8.71. The van der Waals surface area contributed by atoms with E-state index in [0.717, 1.165) is 49.8 Å². The zero-order chi connectivity index (χ0) is 22.5. The number of nitrogens with zero attached hydrogens (tertiary/aromatic N) is 1. The molecule has 1 aliphatic rings. The molecule has 32 heavy (non-hydrogen) atoms. The molecule has 168 valence electrons. The lowest BCUT2D eigenvalue weighted by molar-refractivity contribution is 0.00144. The van der Waals surface area contributed by atoms with Gasteiger partial charge in [0.1, 0.15) is 0 Å². The highest BCUT2D eigenvalue weighted by Gasteiger charge is 2.28. The molecule has 0 radical (unpaired) electrons. The summed E-state index contributed by atoms with van der Waals surface area (Å²) in [6.07, 6.45) is 7.44.